The van der Waals surface area contributed by atoms with Crippen LogP contribution in [0.5, 0.6) is 0 Å². The van der Waals surface area contributed by atoms with Crippen LogP contribution in [0.25, 0.3) is 10.4 Å². The molecule has 1 N–H and O–H groups in total. The van der Waals surface area contributed by atoms with Gasteiger partial charge in [-0.3, -0.25) is 0 Å². The van der Waals surface area contributed by atoms with E-state index in [0.29, 0.717) is 11.8 Å². The Hall–Kier alpha value is -1.88. The van der Waals surface area contributed by atoms with E-state index in [0.717, 1.165) is 0 Å². The Morgan fingerprint density at radius 1 is 1.36 bits per heavy atom. The van der Waals surface area contributed by atoms with E-state index < -0.39 is 0 Å². The largest absolute Gasteiger partial charge is 0.352 e. The summed E-state index contributed by atoms with van der Waals surface area (Å²) >= 11 is 0. The lowest BCUT2D eigenvalue weighted by Gasteiger charge is -2.07. The topological polar surface area (TPSA) is 99.5 Å². The summed E-state index contributed by atoms with van der Waals surface area (Å²) < 4.78 is 0. The van der Waals surface area contributed by atoms with Crippen molar-refractivity contribution in [2.24, 2.45) is 5.11 Å². The third-order valence-corrected chi connectivity index (χ3v) is 1.29. The van der Waals surface area contributed by atoms with Crippen LogP contribution in [0.1, 0.15) is 19.7 Å². The summed E-state index contributed by atoms with van der Waals surface area (Å²) in [4.78, 5) is 14.4. The molecule has 0 atom stereocenters. The molecule has 0 saturated heterocycles. The van der Waals surface area contributed by atoms with Crippen LogP contribution in [0.3, 0.4) is 0 Å². The minimum Gasteiger partial charge on any atom is -0.352 e. The molecular formula is C7H11N7. The molecule has 0 amide bonds. The number of rotatable bonds is 3. The molecule has 1 rings (SSSR count). The normalized spacial score (nSPS) is 9.71. The van der Waals surface area contributed by atoms with Gasteiger partial charge in [-0.05, 0) is 31.4 Å². The van der Waals surface area contributed by atoms with Crippen LogP contribution >= 0.6 is 0 Å². The molecule has 0 bridgehead atoms. The van der Waals surface area contributed by atoms with Crippen molar-refractivity contribution in [2.75, 3.05) is 5.32 Å². The summed E-state index contributed by atoms with van der Waals surface area (Å²) in [6, 6.07) is 0.218. The zero-order valence-electron chi connectivity index (χ0n) is 8.26. The first-order chi connectivity index (χ1) is 6.61. The van der Waals surface area contributed by atoms with Gasteiger partial charge >= 0.3 is 0 Å². The lowest BCUT2D eigenvalue weighted by Crippen LogP contribution is -2.13. The second-order valence-corrected chi connectivity index (χ2v) is 2.99. The number of hydrogen-bond acceptors (Lipinski definition) is 5. The van der Waals surface area contributed by atoms with Gasteiger partial charge < -0.3 is 5.32 Å². The molecule has 0 spiro atoms. The fraction of sp³-hybridized carbons (Fsp3) is 0.571. The highest BCUT2D eigenvalue weighted by Crippen LogP contribution is 2.08. The fourth-order valence-corrected chi connectivity index (χ4v) is 0.875. The number of hydrogen-bond donors (Lipinski definition) is 1. The predicted molar refractivity (Wildman–Crippen MR) is 52.1 cm³/mol. The van der Waals surface area contributed by atoms with E-state index in [1.165, 1.54) is 0 Å². The summed E-state index contributed by atoms with van der Waals surface area (Å²) in [6.45, 7) is 5.64. The summed E-state index contributed by atoms with van der Waals surface area (Å²) in [6.07, 6.45) is 0. The van der Waals surface area contributed by atoms with E-state index in [1.807, 2.05) is 13.8 Å². The monoisotopic (exact) mass is 193 g/mol. The Kier molecular flexibility index (Phi) is 3.19. The van der Waals surface area contributed by atoms with Crippen LogP contribution in [0.4, 0.5) is 11.9 Å². The number of aromatic nitrogens is 3. The molecular weight excluding hydrogens is 182 g/mol. The smallest absolute Gasteiger partial charge is 0.226 e. The van der Waals surface area contributed by atoms with Gasteiger partial charge in [0.2, 0.25) is 11.9 Å². The van der Waals surface area contributed by atoms with Crippen molar-refractivity contribution in [3.8, 4) is 0 Å². The van der Waals surface area contributed by atoms with E-state index in [-0.39, 0.29) is 12.0 Å². The van der Waals surface area contributed by atoms with Crippen molar-refractivity contribution < 1.29 is 0 Å². The van der Waals surface area contributed by atoms with Gasteiger partial charge in [-0.2, -0.15) is 9.97 Å². The maximum atomic E-state index is 8.22. The molecule has 0 unspecified atom stereocenters. The van der Waals surface area contributed by atoms with Gasteiger partial charge in [-0.15, -0.1) is 0 Å². The van der Waals surface area contributed by atoms with Crippen molar-refractivity contribution >= 4 is 11.9 Å². The molecule has 14 heavy (non-hydrogen) atoms. The first kappa shape index (κ1) is 10.2. The zero-order chi connectivity index (χ0) is 10.6. The Bertz CT molecular complexity index is 366. The third-order valence-electron chi connectivity index (χ3n) is 1.29. The number of azide groups is 1. The lowest BCUT2D eigenvalue weighted by atomic mass is 10.4. The van der Waals surface area contributed by atoms with Crippen LogP contribution in [-0.4, -0.2) is 21.0 Å². The van der Waals surface area contributed by atoms with Crippen LogP contribution in [0, 0.1) is 6.92 Å². The van der Waals surface area contributed by atoms with Gasteiger partial charge in [-0.1, -0.05) is 0 Å². The van der Waals surface area contributed by atoms with Crippen LogP contribution in [0.15, 0.2) is 5.11 Å². The Balaban J connectivity index is 3.00. The molecule has 0 saturated carbocycles. The Morgan fingerprint density at radius 2 is 2.07 bits per heavy atom. The minimum atomic E-state index is 0.0863. The summed E-state index contributed by atoms with van der Waals surface area (Å²) in [5.74, 6) is 1.03. The summed E-state index contributed by atoms with van der Waals surface area (Å²) in [5.41, 5.74) is 8.22. The van der Waals surface area contributed by atoms with Crippen molar-refractivity contribution in [3.63, 3.8) is 0 Å². The van der Waals surface area contributed by atoms with Crippen molar-refractivity contribution in [1.29, 1.82) is 0 Å². The number of aryl methyl sites for hydroxylation is 1. The number of nitrogens with zero attached hydrogens (tertiary/aromatic N) is 6. The van der Waals surface area contributed by atoms with E-state index >= 15 is 0 Å². The average Bonchev–Trinajstić information content (AvgIpc) is 2.01. The Morgan fingerprint density at radius 3 is 2.64 bits per heavy atom. The first-order valence-electron chi connectivity index (χ1n) is 4.16. The standard InChI is InChI=1S/C7H11N7/c1-4(2)9-6-10-5(3)11-7(12-6)13-14-8/h4H,1-3H3,(H,9,10,11,12). The van der Waals surface area contributed by atoms with Gasteiger partial charge in [-0.25, -0.2) is 4.98 Å². The fourth-order valence-electron chi connectivity index (χ4n) is 0.875. The van der Waals surface area contributed by atoms with E-state index in [9.17, 15) is 0 Å². The zero-order valence-corrected chi connectivity index (χ0v) is 8.26. The molecule has 0 aliphatic heterocycles. The van der Waals surface area contributed by atoms with Crippen LogP contribution in [-0.2, 0) is 0 Å². The number of anilines is 1. The molecule has 0 aliphatic rings. The van der Waals surface area contributed by atoms with E-state index in [4.69, 9.17) is 5.53 Å². The highest BCUT2D eigenvalue weighted by molar-refractivity contribution is 5.30. The summed E-state index contributed by atoms with van der Waals surface area (Å²) in [7, 11) is 0. The third kappa shape index (κ3) is 2.87. The molecule has 7 heteroatoms. The predicted octanol–water partition coefficient (Wildman–Crippen LogP) is 1.94. The maximum absolute atomic E-state index is 8.22. The van der Waals surface area contributed by atoms with Crippen molar-refractivity contribution in [2.45, 2.75) is 26.8 Å². The van der Waals surface area contributed by atoms with Crippen molar-refractivity contribution in [3.05, 3.63) is 16.3 Å². The second kappa shape index (κ2) is 4.38. The molecule has 74 valence electrons. The van der Waals surface area contributed by atoms with Gasteiger partial charge in [0.1, 0.15) is 5.82 Å². The van der Waals surface area contributed by atoms with Gasteiger partial charge in [0.25, 0.3) is 0 Å². The highest BCUT2D eigenvalue weighted by atomic mass is 15.3. The molecule has 1 aromatic rings. The quantitative estimate of drug-likeness (QED) is 0.450. The van der Waals surface area contributed by atoms with Gasteiger partial charge in [0.05, 0.1) is 0 Å². The molecule has 0 aromatic carbocycles. The van der Waals surface area contributed by atoms with Gasteiger partial charge in [0.15, 0.2) is 0 Å². The molecule has 0 radical (unpaired) electrons. The second-order valence-electron chi connectivity index (χ2n) is 2.99. The SMILES string of the molecule is Cc1nc(N=[N+]=[N-])nc(NC(C)C)n1. The summed E-state index contributed by atoms with van der Waals surface area (Å²) in [5, 5.41) is 6.31. The lowest BCUT2D eigenvalue weighted by molar-refractivity contribution is 0.856. The Labute approximate surface area is 81.2 Å². The molecule has 1 aromatic heterocycles. The molecule has 7 nitrogen and oxygen atoms in total. The number of nitrogens with one attached hydrogen (secondary N) is 1. The van der Waals surface area contributed by atoms with Crippen LogP contribution in [0.2, 0.25) is 0 Å². The first-order valence-corrected chi connectivity index (χ1v) is 4.16. The minimum absolute atomic E-state index is 0.0863. The van der Waals surface area contributed by atoms with E-state index in [1.54, 1.807) is 6.92 Å². The molecule has 1 heterocycles. The van der Waals surface area contributed by atoms with Gasteiger partial charge in [0, 0.05) is 11.0 Å². The van der Waals surface area contributed by atoms with Crippen molar-refractivity contribution in [1.82, 2.24) is 15.0 Å². The average molecular weight is 193 g/mol. The highest BCUT2D eigenvalue weighted by Gasteiger charge is 2.02. The van der Waals surface area contributed by atoms with E-state index in [2.05, 4.69) is 30.3 Å². The molecule has 0 fully saturated rings. The molecule has 0 aliphatic carbocycles. The maximum Gasteiger partial charge on any atom is 0.226 e. The van der Waals surface area contributed by atoms with Crippen LogP contribution < -0.4 is 5.32 Å².